The first-order chi connectivity index (χ1) is 8.04. The third kappa shape index (κ3) is 4.19. The molecule has 0 aliphatic rings. The fourth-order valence-corrected chi connectivity index (χ4v) is 2.12. The lowest BCUT2D eigenvalue weighted by atomic mass is 10.0. The second-order valence-electron chi connectivity index (χ2n) is 4.07. The number of hydrogen-bond donors (Lipinski definition) is 1. The molecular weight excluding hydrogens is 238 g/mol. The molecule has 94 valence electrons. The largest absolute Gasteiger partial charge is 0.467 e. The fourth-order valence-electron chi connectivity index (χ4n) is 1.42. The normalized spacial score (nSPS) is 12.2. The standard InChI is InChI=1S/C12H17NO3S/c1-8(2)11(12(15)16-3)13-10(14)7-9-5-4-6-17-9/h4-6,8,11H,7H2,1-3H3,(H,13,14). The van der Waals surface area contributed by atoms with Gasteiger partial charge < -0.3 is 10.1 Å². The molecule has 0 spiro atoms. The summed E-state index contributed by atoms with van der Waals surface area (Å²) >= 11 is 1.52. The number of carbonyl (C=O) groups excluding carboxylic acids is 2. The van der Waals surface area contributed by atoms with E-state index in [0.717, 1.165) is 4.88 Å². The zero-order valence-corrected chi connectivity index (χ0v) is 11.0. The highest BCUT2D eigenvalue weighted by Gasteiger charge is 2.24. The molecule has 17 heavy (non-hydrogen) atoms. The fraction of sp³-hybridized carbons (Fsp3) is 0.500. The molecule has 0 aliphatic carbocycles. The Morgan fingerprint density at radius 2 is 2.18 bits per heavy atom. The number of carbonyl (C=O) groups is 2. The summed E-state index contributed by atoms with van der Waals surface area (Å²) in [6.07, 6.45) is 0.303. The summed E-state index contributed by atoms with van der Waals surface area (Å²) in [5.74, 6) is -0.550. The summed E-state index contributed by atoms with van der Waals surface area (Å²) in [6.45, 7) is 3.74. The Labute approximate surface area is 105 Å². The number of rotatable bonds is 5. The molecule has 1 heterocycles. The second-order valence-corrected chi connectivity index (χ2v) is 5.10. The Hall–Kier alpha value is -1.36. The third-order valence-corrected chi connectivity index (χ3v) is 3.23. The molecule has 0 fully saturated rings. The minimum Gasteiger partial charge on any atom is -0.467 e. The predicted molar refractivity (Wildman–Crippen MR) is 66.8 cm³/mol. The molecule has 0 saturated carbocycles. The van der Waals surface area contributed by atoms with E-state index < -0.39 is 12.0 Å². The maximum Gasteiger partial charge on any atom is 0.328 e. The molecule has 0 aromatic carbocycles. The predicted octanol–water partition coefficient (Wildman–Crippen LogP) is 1.60. The zero-order chi connectivity index (χ0) is 12.8. The minimum absolute atomic E-state index is 0.00901. The van der Waals surface area contributed by atoms with Crippen molar-refractivity contribution in [2.24, 2.45) is 5.92 Å². The van der Waals surface area contributed by atoms with Gasteiger partial charge in [0.2, 0.25) is 5.91 Å². The van der Waals surface area contributed by atoms with Crippen molar-refractivity contribution in [2.45, 2.75) is 26.3 Å². The molecule has 1 N–H and O–H groups in total. The lowest BCUT2D eigenvalue weighted by Gasteiger charge is -2.19. The number of amides is 1. The third-order valence-electron chi connectivity index (χ3n) is 2.35. The van der Waals surface area contributed by atoms with Crippen LogP contribution in [0.1, 0.15) is 18.7 Å². The van der Waals surface area contributed by atoms with Gasteiger partial charge >= 0.3 is 5.97 Å². The second kappa shape index (κ2) is 6.39. The first kappa shape index (κ1) is 13.7. The zero-order valence-electron chi connectivity index (χ0n) is 10.2. The van der Waals surface area contributed by atoms with Gasteiger partial charge in [-0.2, -0.15) is 0 Å². The average molecular weight is 255 g/mol. The van der Waals surface area contributed by atoms with Crippen molar-refractivity contribution in [3.63, 3.8) is 0 Å². The van der Waals surface area contributed by atoms with Crippen LogP contribution >= 0.6 is 11.3 Å². The van der Waals surface area contributed by atoms with Crippen LogP contribution in [0.25, 0.3) is 0 Å². The SMILES string of the molecule is COC(=O)C(NC(=O)Cc1cccs1)C(C)C. The van der Waals surface area contributed by atoms with Crippen molar-refractivity contribution >= 4 is 23.2 Å². The minimum atomic E-state index is -0.576. The van der Waals surface area contributed by atoms with Gasteiger partial charge in [0.05, 0.1) is 13.5 Å². The molecule has 0 bridgehead atoms. The first-order valence-corrected chi connectivity index (χ1v) is 6.32. The Morgan fingerprint density at radius 3 is 2.65 bits per heavy atom. The molecule has 5 heteroatoms. The summed E-state index contributed by atoms with van der Waals surface area (Å²) < 4.78 is 4.66. The Kier molecular flexibility index (Phi) is 5.15. The summed E-state index contributed by atoms with van der Waals surface area (Å²) in [6, 6.07) is 3.22. The van der Waals surface area contributed by atoms with E-state index >= 15 is 0 Å². The number of thiophene rings is 1. The number of ether oxygens (including phenoxy) is 1. The highest BCUT2D eigenvalue weighted by molar-refractivity contribution is 7.10. The van der Waals surface area contributed by atoms with Crippen LogP contribution in [0.2, 0.25) is 0 Å². The van der Waals surface area contributed by atoms with E-state index in [1.54, 1.807) is 0 Å². The van der Waals surface area contributed by atoms with Crippen molar-refractivity contribution in [3.8, 4) is 0 Å². The van der Waals surface area contributed by atoms with Crippen LogP contribution in [-0.4, -0.2) is 25.0 Å². The number of esters is 1. The first-order valence-electron chi connectivity index (χ1n) is 5.44. The van der Waals surface area contributed by atoms with Crippen LogP contribution in [0.4, 0.5) is 0 Å². The maximum absolute atomic E-state index is 11.7. The highest BCUT2D eigenvalue weighted by Crippen LogP contribution is 2.10. The van der Waals surface area contributed by atoms with E-state index in [1.807, 2.05) is 31.4 Å². The summed E-state index contributed by atoms with van der Waals surface area (Å²) in [7, 11) is 1.32. The number of nitrogens with one attached hydrogen (secondary N) is 1. The van der Waals surface area contributed by atoms with Gasteiger partial charge in [-0.3, -0.25) is 4.79 Å². The Balaban J connectivity index is 2.55. The quantitative estimate of drug-likeness (QED) is 0.813. The number of hydrogen-bond acceptors (Lipinski definition) is 4. The summed E-state index contributed by atoms with van der Waals surface area (Å²) in [4.78, 5) is 24.2. The average Bonchev–Trinajstić information content (AvgIpc) is 2.77. The van der Waals surface area contributed by atoms with Gasteiger partial charge in [-0.1, -0.05) is 19.9 Å². The molecule has 1 unspecified atom stereocenters. The molecule has 1 atom stereocenters. The van der Waals surface area contributed by atoms with Crippen molar-refractivity contribution in [3.05, 3.63) is 22.4 Å². The van der Waals surface area contributed by atoms with E-state index in [2.05, 4.69) is 10.1 Å². The molecule has 1 aromatic rings. The highest BCUT2D eigenvalue weighted by atomic mass is 32.1. The van der Waals surface area contributed by atoms with E-state index in [4.69, 9.17) is 0 Å². The van der Waals surface area contributed by atoms with Gasteiger partial charge in [0, 0.05) is 4.88 Å². The van der Waals surface area contributed by atoms with Crippen molar-refractivity contribution < 1.29 is 14.3 Å². The van der Waals surface area contributed by atoms with Crippen LogP contribution < -0.4 is 5.32 Å². The molecule has 0 radical (unpaired) electrons. The summed E-state index contributed by atoms with van der Waals surface area (Å²) in [5.41, 5.74) is 0. The van der Waals surface area contributed by atoms with Gasteiger partial charge in [-0.25, -0.2) is 4.79 Å². The van der Waals surface area contributed by atoms with Crippen LogP contribution in [0.5, 0.6) is 0 Å². The van der Waals surface area contributed by atoms with E-state index in [1.165, 1.54) is 18.4 Å². The molecule has 1 aromatic heterocycles. The topological polar surface area (TPSA) is 55.4 Å². The molecule has 0 saturated heterocycles. The van der Waals surface area contributed by atoms with Crippen molar-refractivity contribution in [1.82, 2.24) is 5.32 Å². The molecule has 4 nitrogen and oxygen atoms in total. The van der Waals surface area contributed by atoms with Gasteiger partial charge in [0.15, 0.2) is 0 Å². The lowest BCUT2D eigenvalue weighted by molar-refractivity contribution is -0.146. The Morgan fingerprint density at radius 1 is 1.47 bits per heavy atom. The van der Waals surface area contributed by atoms with Crippen LogP contribution in [0.3, 0.4) is 0 Å². The Bertz CT molecular complexity index is 373. The van der Waals surface area contributed by atoms with Crippen LogP contribution in [0, 0.1) is 5.92 Å². The van der Waals surface area contributed by atoms with E-state index in [9.17, 15) is 9.59 Å². The number of methoxy groups -OCH3 is 1. The monoisotopic (exact) mass is 255 g/mol. The molecule has 0 aliphatic heterocycles. The van der Waals surface area contributed by atoms with Gasteiger partial charge in [-0.05, 0) is 17.4 Å². The maximum atomic E-state index is 11.7. The van der Waals surface area contributed by atoms with E-state index in [-0.39, 0.29) is 11.8 Å². The molecule has 1 rings (SSSR count). The van der Waals surface area contributed by atoms with Crippen molar-refractivity contribution in [2.75, 3.05) is 7.11 Å². The molecule has 1 amide bonds. The smallest absolute Gasteiger partial charge is 0.328 e. The van der Waals surface area contributed by atoms with Crippen molar-refractivity contribution in [1.29, 1.82) is 0 Å². The van der Waals surface area contributed by atoms with Crippen LogP contribution in [-0.2, 0) is 20.7 Å². The molecular formula is C12H17NO3S. The van der Waals surface area contributed by atoms with Gasteiger partial charge in [0.25, 0.3) is 0 Å². The lowest BCUT2D eigenvalue weighted by Crippen LogP contribution is -2.45. The van der Waals surface area contributed by atoms with E-state index in [0.29, 0.717) is 6.42 Å². The van der Waals surface area contributed by atoms with Crippen LogP contribution in [0.15, 0.2) is 17.5 Å². The van der Waals surface area contributed by atoms with Gasteiger partial charge in [0.1, 0.15) is 6.04 Å². The van der Waals surface area contributed by atoms with Gasteiger partial charge in [-0.15, -0.1) is 11.3 Å². The summed E-state index contributed by atoms with van der Waals surface area (Å²) in [5, 5.41) is 4.62.